The van der Waals surface area contributed by atoms with Crippen LogP contribution in [-0.4, -0.2) is 22.4 Å². The second kappa shape index (κ2) is 7.33. The number of rotatable bonds is 5. The molecule has 0 aliphatic heterocycles. The summed E-state index contributed by atoms with van der Waals surface area (Å²) in [6, 6.07) is 5.91. The highest BCUT2D eigenvalue weighted by Crippen LogP contribution is 2.25. The first kappa shape index (κ1) is 18.2. The Bertz CT molecular complexity index is 1020. The Balaban J connectivity index is 1.71. The van der Waals surface area contributed by atoms with Crippen LogP contribution in [0.5, 0.6) is 0 Å². The van der Waals surface area contributed by atoms with Gasteiger partial charge >= 0.3 is 0 Å². The van der Waals surface area contributed by atoms with Gasteiger partial charge in [0.1, 0.15) is 5.82 Å². The van der Waals surface area contributed by atoms with E-state index in [0.29, 0.717) is 40.1 Å². The largest absolute Gasteiger partial charge is 0.359 e. The Hall–Kier alpha value is -2.60. The standard InChI is InChI=1S/C19H19ClFN3O2/c1-10(2)16-5-12(6-17(25)24-16)19(26)22-4-3-11-9-23-18-14(11)7-13(20)8-15(18)21/h5-10,23H,3-4H2,1-2H3,(H,22,26)(H,24,25). The Morgan fingerprint density at radius 1 is 1.27 bits per heavy atom. The van der Waals surface area contributed by atoms with Crippen LogP contribution < -0.4 is 10.9 Å². The molecule has 2 aromatic heterocycles. The molecule has 0 spiro atoms. The summed E-state index contributed by atoms with van der Waals surface area (Å²) in [4.78, 5) is 29.6. The van der Waals surface area contributed by atoms with E-state index in [2.05, 4.69) is 15.3 Å². The van der Waals surface area contributed by atoms with Crippen LogP contribution in [0.3, 0.4) is 0 Å². The predicted molar refractivity (Wildman–Crippen MR) is 100 cm³/mol. The first-order valence-electron chi connectivity index (χ1n) is 8.32. The third kappa shape index (κ3) is 3.80. The maximum atomic E-state index is 13.9. The van der Waals surface area contributed by atoms with Crippen molar-refractivity contribution >= 4 is 28.4 Å². The lowest BCUT2D eigenvalue weighted by atomic mass is 10.1. The molecule has 5 nitrogen and oxygen atoms in total. The number of hydrogen-bond donors (Lipinski definition) is 3. The van der Waals surface area contributed by atoms with E-state index in [1.54, 1.807) is 18.3 Å². The van der Waals surface area contributed by atoms with Crippen molar-refractivity contribution in [3.8, 4) is 0 Å². The molecular formula is C19H19ClFN3O2. The Morgan fingerprint density at radius 2 is 2.04 bits per heavy atom. The zero-order chi connectivity index (χ0) is 18.8. The van der Waals surface area contributed by atoms with Gasteiger partial charge in [0.05, 0.1) is 5.52 Å². The van der Waals surface area contributed by atoms with Crippen molar-refractivity contribution in [1.29, 1.82) is 0 Å². The number of carbonyl (C=O) groups excluding carboxylic acids is 1. The van der Waals surface area contributed by atoms with E-state index in [9.17, 15) is 14.0 Å². The zero-order valence-corrected chi connectivity index (χ0v) is 15.2. The van der Waals surface area contributed by atoms with Crippen LogP contribution >= 0.6 is 11.6 Å². The van der Waals surface area contributed by atoms with Crippen LogP contribution in [0.25, 0.3) is 10.9 Å². The molecule has 26 heavy (non-hydrogen) atoms. The first-order valence-corrected chi connectivity index (χ1v) is 8.70. The highest BCUT2D eigenvalue weighted by Gasteiger charge is 2.12. The van der Waals surface area contributed by atoms with E-state index in [0.717, 1.165) is 5.56 Å². The molecule has 0 aliphatic rings. The van der Waals surface area contributed by atoms with Crippen molar-refractivity contribution in [3.63, 3.8) is 0 Å². The molecule has 0 unspecified atom stereocenters. The number of amides is 1. The van der Waals surface area contributed by atoms with E-state index in [1.807, 2.05) is 13.8 Å². The van der Waals surface area contributed by atoms with E-state index in [4.69, 9.17) is 11.6 Å². The molecule has 1 aromatic carbocycles. The van der Waals surface area contributed by atoms with E-state index in [-0.39, 0.29) is 17.4 Å². The van der Waals surface area contributed by atoms with Gasteiger partial charge < -0.3 is 15.3 Å². The number of pyridine rings is 1. The zero-order valence-electron chi connectivity index (χ0n) is 14.5. The smallest absolute Gasteiger partial charge is 0.251 e. The average Bonchev–Trinajstić information content (AvgIpc) is 2.97. The van der Waals surface area contributed by atoms with Crippen molar-refractivity contribution in [3.05, 3.63) is 68.5 Å². The molecule has 0 saturated carbocycles. The second-order valence-electron chi connectivity index (χ2n) is 6.47. The van der Waals surface area contributed by atoms with Crippen LogP contribution in [0.15, 0.2) is 35.3 Å². The Kier molecular flexibility index (Phi) is 5.13. The fourth-order valence-electron chi connectivity index (χ4n) is 2.84. The van der Waals surface area contributed by atoms with Gasteiger partial charge in [0.2, 0.25) is 5.56 Å². The average molecular weight is 376 g/mol. The quantitative estimate of drug-likeness (QED) is 0.635. The molecule has 0 atom stereocenters. The van der Waals surface area contributed by atoms with Gasteiger partial charge in [-0.25, -0.2) is 4.39 Å². The highest BCUT2D eigenvalue weighted by atomic mass is 35.5. The molecule has 136 valence electrons. The normalized spacial score (nSPS) is 11.3. The monoisotopic (exact) mass is 375 g/mol. The van der Waals surface area contributed by atoms with Crippen molar-refractivity contribution in [1.82, 2.24) is 15.3 Å². The maximum Gasteiger partial charge on any atom is 0.251 e. The third-order valence-electron chi connectivity index (χ3n) is 4.22. The van der Waals surface area contributed by atoms with Gasteiger partial charge in [-0.05, 0) is 36.1 Å². The molecular weight excluding hydrogens is 357 g/mol. The summed E-state index contributed by atoms with van der Waals surface area (Å²) in [5.41, 5.74) is 1.99. The molecule has 7 heteroatoms. The molecule has 0 fully saturated rings. The topological polar surface area (TPSA) is 77.8 Å². The number of H-pyrrole nitrogens is 2. The summed E-state index contributed by atoms with van der Waals surface area (Å²) in [5, 5.41) is 3.81. The minimum Gasteiger partial charge on any atom is -0.359 e. The van der Waals surface area contributed by atoms with Crippen LogP contribution in [-0.2, 0) is 6.42 Å². The molecule has 1 amide bonds. The van der Waals surface area contributed by atoms with Gasteiger partial charge in [0.15, 0.2) is 0 Å². The summed E-state index contributed by atoms with van der Waals surface area (Å²) in [5.74, 6) is -0.615. The molecule has 0 aliphatic carbocycles. The van der Waals surface area contributed by atoms with E-state index in [1.165, 1.54) is 12.1 Å². The Labute approximate surface area is 154 Å². The minimum absolute atomic E-state index is 0.112. The predicted octanol–water partition coefficient (Wildman–Crippen LogP) is 3.74. The van der Waals surface area contributed by atoms with Crippen molar-refractivity contribution < 1.29 is 9.18 Å². The summed E-state index contributed by atoms with van der Waals surface area (Å²) >= 11 is 5.92. The lowest BCUT2D eigenvalue weighted by Gasteiger charge is -2.08. The highest BCUT2D eigenvalue weighted by molar-refractivity contribution is 6.31. The van der Waals surface area contributed by atoms with Gasteiger partial charge in [-0.1, -0.05) is 25.4 Å². The molecule has 0 bridgehead atoms. The number of halogens is 2. The van der Waals surface area contributed by atoms with Gasteiger partial charge in [-0.3, -0.25) is 9.59 Å². The van der Waals surface area contributed by atoms with Gasteiger partial charge in [-0.15, -0.1) is 0 Å². The molecule has 2 heterocycles. The Morgan fingerprint density at radius 3 is 2.77 bits per heavy atom. The summed E-state index contributed by atoms with van der Waals surface area (Å²) in [7, 11) is 0. The van der Waals surface area contributed by atoms with Crippen molar-refractivity contribution in [2.45, 2.75) is 26.2 Å². The second-order valence-corrected chi connectivity index (χ2v) is 6.91. The number of aromatic amines is 2. The number of aromatic nitrogens is 2. The number of benzene rings is 1. The molecule has 3 N–H and O–H groups in total. The van der Waals surface area contributed by atoms with Crippen molar-refractivity contribution in [2.24, 2.45) is 0 Å². The molecule has 3 aromatic rings. The van der Waals surface area contributed by atoms with Gasteiger partial charge in [0.25, 0.3) is 5.91 Å². The van der Waals surface area contributed by atoms with Crippen LogP contribution in [0, 0.1) is 5.82 Å². The molecule has 0 saturated heterocycles. The van der Waals surface area contributed by atoms with E-state index >= 15 is 0 Å². The summed E-state index contributed by atoms with van der Waals surface area (Å²) in [6.45, 7) is 4.23. The van der Waals surface area contributed by atoms with Crippen LogP contribution in [0.1, 0.15) is 41.4 Å². The van der Waals surface area contributed by atoms with E-state index < -0.39 is 5.82 Å². The summed E-state index contributed by atoms with van der Waals surface area (Å²) < 4.78 is 13.9. The lowest BCUT2D eigenvalue weighted by molar-refractivity contribution is 0.0954. The third-order valence-corrected chi connectivity index (χ3v) is 4.44. The molecule has 3 rings (SSSR count). The van der Waals surface area contributed by atoms with Gasteiger partial charge in [0, 0.05) is 40.5 Å². The number of carbonyl (C=O) groups is 1. The maximum absolute atomic E-state index is 13.9. The minimum atomic E-state index is -0.410. The van der Waals surface area contributed by atoms with Crippen LogP contribution in [0.4, 0.5) is 4.39 Å². The number of hydrogen-bond acceptors (Lipinski definition) is 2. The van der Waals surface area contributed by atoms with Crippen LogP contribution in [0.2, 0.25) is 5.02 Å². The summed E-state index contributed by atoms with van der Waals surface area (Å²) in [6.07, 6.45) is 2.21. The fraction of sp³-hybridized carbons (Fsp3) is 0.263. The fourth-order valence-corrected chi connectivity index (χ4v) is 3.04. The first-order chi connectivity index (χ1) is 12.3. The number of fused-ring (bicyclic) bond motifs is 1. The lowest BCUT2D eigenvalue weighted by Crippen LogP contribution is -2.27. The molecule has 0 radical (unpaired) electrons. The SMILES string of the molecule is CC(C)c1cc(C(=O)NCCc2c[nH]c3c(F)cc(Cl)cc23)cc(=O)[nH]1. The number of nitrogens with one attached hydrogen (secondary N) is 3. The van der Waals surface area contributed by atoms with Gasteiger partial charge in [-0.2, -0.15) is 0 Å². The van der Waals surface area contributed by atoms with Crippen molar-refractivity contribution in [2.75, 3.05) is 6.54 Å².